The van der Waals surface area contributed by atoms with Crippen LogP contribution in [0.2, 0.25) is 5.02 Å². The van der Waals surface area contributed by atoms with E-state index in [1.165, 1.54) is 22.9 Å². The van der Waals surface area contributed by atoms with Crippen LogP contribution in [0.25, 0.3) is 11.3 Å². The molecule has 3 aromatic rings. The molecule has 1 heterocycles. The minimum absolute atomic E-state index is 0.125. The summed E-state index contributed by atoms with van der Waals surface area (Å²) in [7, 11) is 0. The second-order valence-electron chi connectivity index (χ2n) is 5.79. The zero-order valence-corrected chi connectivity index (χ0v) is 14.8. The molecule has 7 heteroatoms. The maximum Gasteiger partial charge on any atom is 0.256 e. The van der Waals surface area contributed by atoms with Gasteiger partial charge in [-0.2, -0.15) is 5.10 Å². The summed E-state index contributed by atoms with van der Waals surface area (Å²) in [5, 5.41) is 17.0. The first-order chi connectivity index (χ1) is 12.5. The Morgan fingerprint density at radius 1 is 1.23 bits per heavy atom. The molecule has 134 valence electrons. The van der Waals surface area contributed by atoms with Crippen molar-refractivity contribution in [3.63, 3.8) is 0 Å². The Kier molecular flexibility index (Phi) is 5.35. The Hall–Kier alpha value is -2.70. The summed E-state index contributed by atoms with van der Waals surface area (Å²) in [5.74, 6) is -0.303. The van der Waals surface area contributed by atoms with E-state index >= 15 is 0 Å². The zero-order valence-electron chi connectivity index (χ0n) is 14.0. The highest BCUT2D eigenvalue weighted by Crippen LogP contribution is 2.24. The molecule has 26 heavy (non-hydrogen) atoms. The highest BCUT2D eigenvalue weighted by atomic mass is 35.5. The number of benzene rings is 2. The quantitative estimate of drug-likeness (QED) is 0.712. The number of amides is 1. The zero-order chi connectivity index (χ0) is 18.7. The minimum Gasteiger partial charge on any atom is -0.394 e. The molecule has 0 fully saturated rings. The number of hydrogen-bond acceptors (Lipinski definition) is 3. The Balaban J connectivity index is 1.89. The number of aryl methyl sites for hydroxylation is 1. The molecule has 0 aliphatic carbocycles. The lowest BCUT2D eigenvalue weighted by molar-refractivity contribution is 0.102. The van der Waals surface area contributed by atoms with Gasteiger partial charge in [0.2, 0.25) is 0 Å². The Morgan fingerprint density at radius 3 is 2.62 bits per heavy atom. The number of aliphatic hydroxyl groups excluding tert-OH is 1. The van der Waals surface area contributed by atoms with Crippen molar-refractivity contribution in [3.05, 3.63) is 70.5 Å². The van der Waals surface area contributed by atoms with Crippen LogP contribution < -0.4 is 5.32 Å². The van der Waals surface area contributed by atoms with Crippen molar-refractivity contribution in [1.82, 2.24) is 9.78 Å². The summed E-state index contributed by atoms with van der Waals surface area (Å²) in [6.07, 6.45) is 0. The van der Waals surface area contributed by atoms with Crippen molar-refractivity contribution in [2.75, 3.05) is 11.9 Å². The molecule has 3 rings (SSSR count). The highest BCUT2D eigenvalue weighted by Gasteiger charge is 2.14. The number of aromatic nitrogens is 2. The molecule has 0 aliphatic heterocycles. The van der Waals surface area contributed by atoms with Gasteiger partial charge in [-0.1, -0.05) is 23.7 Å². The molecular formula is C19H17ClFN3O2. The van der Waals surface area contributed by atoms with Crippen LogP contribution in [-0.4, -0.2) is 27.4 Å². The Bertz CT molecular complexity index is 938. The average Bonchev–Trinajstić information content (AvgIpc) is 3.01. The van der Waals surface area contributed by atoms with Crippen molar-refractivity contribution in [3.8, 4) is 11.3 Å². The Morgan fingerprint density at radius 2 is 1.96 bits per heavy atom. The largest absolute Gasteiger partial charge is 0.394 e. The summed E-state index contributed by atoms with van der Waals surface area (Å²) >= 11 is 5.90. The number of anilines is 1. The second kappa shape index (κ2) is 7.68. The van der Waals surface area contributed by atoms with E-state index < -0.39 is 0 Å². The van der Waals surface area contributed by atoms with Gasteiger partial charge in [-0.05, 0) is 42.8 Å². The third-order valence-corrected chi connectivity index (χ3v) is 4.15. The number of carbonyl (C=O) groups is 1. The van der Waals surface area contributed by atoms with Crippen molar-refractivity contribution in [2.24, 2.45) is 0 Å². The summed E-state index contributed by atoms with van der Waals surface area (Å²) in [6.45, 7) is 1.70. The normalized spacial score (nSPS) is 10.8. The lowest BCUT2D eigenvalue weighted by Gasteiger charge is -2.08. The summed E-state index contributed by atoms with van der Waals surface area (Å²) in [5.41, 5.74) is 2.21. The van der Waals surface area contributed by atoms with Crippen LogP contribution in [0.1, 0.15) is 15.9 Å². The topological polar surface area (TPSA) is 67.2 Å². The lowest BCUT2D eigenvalue weighted by Crippen LogP contribution is -2.17. The third-order valence-electron chi connectivity index (χ3n) is 3.89. The van der Waals surface area contributed by atoms with E-state index in [4.69, 9.17) is 11.6 Å². The number of hydrogen-bond donors (Lipinski definition) is 2. The molecule has 1 aromatic heterocycles. The molecule has 0 aliphatic rings. The highest BCUT2D eigenvalue weighted by molar-refractivity contribution is 6.30. The first-order valence-electron chi connectivity index (χ1n) is 8.00. The fourth-order valence-electron chi connectivity index (χ4n) is 2.52. The SMILES string of the molecule is Cc1cc(C(=O)Nc2cc(-c3ccc(Cl)cc3)nn2CCO)ccc1F. The molecule has 0 bridgehead atoms. The van der Waals surface area contributed by atoms with Crippen molar-refractivity contribution < 1.29 is 14.3 Å². The van der Waals surface area contributed by atoms with Gasteiger partial charge in [0.25, 0.3) is 5.91 Å². The van der Waals surface area contributed by atoms with Gasteiger partial charge in [0.1, 0.15) is 11.6 Å². The van der Waals surface area contributed by atoms with Crippen molar-refractivity contribution in [1.29, 1.82) is 0 Å². The molecule has 0 atom stereocenters. The fraction of sp³-hybridized carbons (Fsp3) is 0.158. The van der Waals surface area contributed by atoms with Crippen LogP contribution in [0.5, 0.6) is 0 Å². The Labute approximate surface area is 155 Å². The van der Waals surface area contributed by atoms with Gasteiger partial charge in [-0.15, -0.1) is 0 Å². The molecule has 5 nitrogen and oxygen atoms in total. The number of aliphatic hydroxyl groups is 1. The number of nitrogens with zero attached hydrogens (tertiary/aromatic N) is 2. The third kappa shape index (κ3) is 3.92. The minimum atomic E-state index is -0.380. The summed E-state index contributed by atoms with van der Waals surface area (Å²) < 4.78 is 14.9. The predicted octanol–water partition coefficient (Wildman–Crippen LogP) is 3.90. The molecule has 0 saturated carbocycles. The molecule has 0 radical (unpaired) electrons. The number of rotatable bonds is 5. The van der Waals surface area contributed by atoms with Gasteiger partial charge in [-0.25, -0.2) is 9.07 Å². The smallest absolute Gasteiger partial charge is 0.256 e. The standard InChI is InChI=1S/C19H17ClFN3O2/c1-12-10-14(4-7-16(12)21)19(26)22-18-11-17(23-24(18)8-9-25)13-2-5-15(20)6-3-13/h2-7,10-11,25H,8-9H2,1H3,(H,22,26). The van der Waals surface area contributed by atoms with E-state index in [-0.39, 0.29) is 24.9 Å². The fourth-order valence-corrected chi connectivity index (χ4v) is 2.64. The van der Waals surface area contributed by atoms with Gasteiger partial charge < -0.3 is 10.4 Å². The maximum atomic E-state index is 13.4. The number of nitrogens with one attached hydrogen (secondary N) is 1. The first-order valence-corrected chi connectivity index (χ1v) is 8.38. The van der Waals surface area contributed by atoms with Gasteiger partial charge in [0, 0.05) is 22.2 Å². The second-order valence-corrected chi connectivity index (χ2v) is 6.22. The van der Waals surface area contributed by atoms with Crippen molar-refractivity contribution in [2.45, 2.75) is 13.5 Å². The van der Waals surface area contributed by atoms with E-state index in [1.807, 2.05) is 12.1 Å². The number of carbonyl (C=O) groups excluding carboxylic acids is 1. The molecule has 1 amide bonds. The molecule has 2 N–H and O–H groups in total. The van der Waals surface area contributed by atoms with Gasteiger partial charge in [-0.3, -0.25) is 4.79 Å². The number of halogens is 2. The van der Waals surface area contributed by atoms with Crippen LogP contribution in [0, 0.1) is 12.7 Å². The van der Waals surface area contributed by atoms with Crippen LogP contribution in [0.4, 0.5) is 10.2 Å². The monoisotopic (exact) mass is 373 g/mol. The van der Waals surface area contributed by atoms with Gasteiger partial charge in [0.05, 0.1) is 18.8 Å². The molecule has 0 saturated heterocycles. The predicted molar refractivity (Wildman–Crippen MR) is 98.8 cm³/mol. The average molecular weight is 374 g/mol. The summed E-state index contributed by atoms with van der Waals surface area (Å²) in [4.78, 5) is 12.5. The van der Waals surface area contributed by atoms with E-state index in [1.54, 1.807) is 25.1 Å². The van der Waals surface area contributed by atoms with Crippen LogP contribution in [-0.2, 0) is 6.54 Å². The molecule has 2 aromatic carbocycles. The maximum absolute atomic E-state index is 13.4. The molecule has 0 spiro atoms. The van der Waals surface area contributed by atoms with Gasteiger partial charge >= 0.3 is 0 Å². The first kappa shape index (κ1) is 18.1. The lowest BCUT2D eigenvalue weighted by atomic mass is 10.1. The van der Waals surface area contributed by atoms with Crippen LogP contribution >= 0.6 is 11.6 Å². The summed E-state index contributed by atoms with van der Waals surface area (Å²) in [6, 6.07) is 13.0. The molecule has 0 unspecified atom stereocenters. The van der Waals surface area contributed by atoms with Crippen molar-refractivity contribution >= 4 is 23.3 Å². The van der Waals surface area contributed by atoms with E-state index in [0.717, 1.165) is 5.56 Å². The van der Waals surface area contributed by atoms with Gasteiger partial charge in [0.15, 0.2) is 0 Å². The van der Waals surface area contributed by atoms with E-state index in [2.05, 4.69) is 10.4 Å². The van der Waals surface area contributed by atoms with Crippen LogP contribution in [0.15, 0.2) is 48.5 Å². The van der Waals surface area contributed by atoms with E-state index in [0.29, 0.717) is 27.7 Å². The van der Waals surface area contributed by atoms with Crippen LogP contribution in [0.3, 0.4) is 0 Å². The van der Waals surface area contributed by atoms with E-state index in [9.17, 15) is 14.3 Å². The molecular weight excluding hydrogens is 357 g/mol.